The fourth-order valence-corrected chi connectivity index (χ4v) is 2.42. The molecule has 2 atom stereocenters. The number of piperazine rings is 1. The number of hydrogen-bond acceptors (Lipinski definition) is 4. The summed E-state index contributed by atoms with van der Waals surface area (Å²) in [6.45, 7) is 7.21. The second kappa shape index (κ2) is 6.02. The highest BCUT2D eigenvalue weighted by molar-refractivity contribution is 5.82. The van der Waals surface area contributed by atoms with Crippen molar-refractivity contribution in [2.24, 2.45) is 0 Å². The van der Waals surface area contributed by atoms with Gasteiger partial charge in [0.15, 0.2) is 0 Å². The predicted octanol–water partition coefficient (Wildman–Crippen LogP) is 0.750. The molecule has 1 amide bonds. The molecule has 0 spiro atoms. The van der Waals surface area contributed by atoms with E-state index < -0.39 is 0 Å². The minimum Gasteiger partial charge on any atom is -0.472 e. The molecule has 1 aliphatic rings. The molecule has 1 saturated heterocycles. The lowest BCUT2D eigenvalue weighted by molar-refractivity contribution is -0.128. The van der Waals surface area contributed by atoms with E-state index in [-0.39, 0.29) is 18.0 Å². The van der Waals surface area contributed by atoms with Gasteiger partial charge in [0.25, 0.3) is 0 Å². The second-order valence-electron chi connectivity index (χ2n) is 4.58. The maximum absolute atomic E-state index is 12.1. The third kappa shape index (κ3) is 2.73. The second-order valence-corrected chi connectivity index (χ2v) is 4.58. The van der Waals surface area contributed by atoms with Crippen LogP contribution in [0.5, 0.6) is 0 Å². The van der Waals surface area contributed by atoms with Crippen LogP contribution >= 0.6 is 0 Å². The molecule has 2 rings (SSSR count). The Balaban J connectivity index is 2.10. The Morgan fingerprint density at radius 2 is 2.56 bits per heavy atom. The minimum absolute atomic E-state index is 0.0973. The van der Waals surface area contributed by atoms with Crippen molar-refractivity contribution in [3.8, 4) is 0 Å². The molecule has 0 aliphatic carbocycles. The van der Waals surface area contributed by atoms with Gasteiger partial charge in [-0.15, -0.1) is 0 Å². The molecule has 2 unspecified atom stereocenters. The fourth-order valence-electron chi connectivity index (χ4n) is 2.42. The highest BCUT2D eigenvalue weighted by atomic mass is 16.3. The zero-order chi connectivity index (χ0) is 13.0. The largest absolute Gasteiger partial charge is 0.472 e. The van der Waals surface area contributed by atoms with Crippen LogP contribution in [0, 0.1) is 0 Å². The molecule has 0 aromatic carbocycles. The van der Waals surface area contributed by atoms with Gasteiger partial charge in [0.1, 0.15) is 6.04 Å². The summed E-state index contributed by atoms with van der Waals surface area (Å²) in [5.74, 6) is 0.0973. The SMILES string of the molecule is CCNC(=O)C1CNCCN1C(C)c1ccoc1. The van der Waals surface area contributed by atoms with Gasteiger partial charge in [0, 0.05) is 37.8 Å². The number of carbonyl (C=O) groups excluding carboxylic acids is 1. The van der Waals surface area contributed by atoms with Crippen LogP contribution in [0.25, 0.3) is 0 Å². The smallest absolute Gasteiger partial charge is 0.238 e. The van der Waals surface area contributed by atoms with E-state index in [4.69, 9.17) is 4.42 Å². The molecule has 1 aliphatic heterocycles. The average Bonchev–Trinajstić information content (AvgIpc) is 2.92. The normalized spacial score (nSPS) is 22.7. The third-order valence-corrected chi connectivity index (χ3v) is 3.46. The van der Waals surface area contributed by atoms with E-state index in [9.17, 15) is 4.79 Å². The molecule has 5 nitrogen and oxygen atoms in total. The first kappa shape index (κ1) is 13.1. The Morgan fingerprint density at radius 1 is 1.72 bits per heavy atom. The number of nitrogens with zero attached hydrogens (tertiary/aromatic N) is 1. The Labute approximate surface area is 108 Å². The monoisotopic (exact) mass is 251 g/mol. The standard InChI is InChI=1S/C13H21N3O2/c1-3-15-13(17)12-8-14-5-6-16(12)10(2)11-4-7-18-9-11/h4,7,9-10,12,14H,3,5-6,8H2,1-2H3,(H,15,17). The van der Waals surface area contributed by atoms with Crippen molar-refractivity contribution in [1.82, 2.24) is 15.5 Å². The molecular weight excluding hydrogens is 230 g/mol. The van der Waals surface area contributed by atoms with E-state index in [1.807, 2.05) is 13.0 Å². The highest BCUT2D eigenvalue weighted by Crippen LogP contribution is 2.23. The van der Waals surface area contributed by atoms with Gasteiger partial charge < -0.3 is 15.1 Å². The summed E-state index contributed by atoms with van der Waals surface area (Å²) < 4.78 is 5.13. The molecule has 2 heterocycles. The lowest BCUT2D eigenvalue weighted by Gasteiger charge is -2.38. The minimum atomic E-state index is -0.108. The lowest BCUT2D eigenvalue weighted by atomic mass is 10.1. The van der Waals surface area contributed by atoms with Crippen molar-refractivity contribution >= 4 is 5.91 Å². The predicted molar refractivity (Wildman–Crippen MR) is 69.2 cm³/mol. The first-order valence-corrected chi connectivity index (χ1v) is 6.50. The summed E-state index contributed by atoms with van der Waals surface area (Å²) in [6.07, 6.45) is 3.43. The summed E-state index contributed by atoms with van der Waals surface area (Å²) in [5.41, 5.74) is 1.12. The molecule has 2 N–H and O–H groups in total. The summed E-state index contributed by atoms with van der Waals surface area (Å²) in [4.78, 5) is 14.3. The van der Waals surface area contributed by atoms with Gasteiger partial charge in [-0.3, -0.25) is 9.69 Å². The summed E-state index contributed by atoms with van der Waals surface area (Å²) >= 11 is 0. The van der Waals surface area contributed by atoms with Crippen molar-refractivity contribution in [3.05, 3.63) is 24.2 Å². The Bertz CT molecular complexity index is 378. The number of furan rings is 1. The number of likely N-dealkylation sites (N-methyl/N-ethyl adjacent to an activating group) is 1. The van der Waals surface area contributed by atoms with E-state index in [1.165, 1.54) is 0 Å². The van der Waals surface area contributed by atoms with Crippen molar-refractivity contribution in [2.45, 2.75) is 25.9 Å². The van der Waals surface area contributed by atoms with Gasteiger partial charge in [0.2, 0.25) is 5.91 Å². The number of nitrogens with one attached hydrogen (secondary N) is 2. The van der Waals surface area contributed by atoms with Gasteiger partial charge in [-0.2, -0.15) is 0 Å². The highest BCUT2D eigenvalue weighted by Gasteiger charge is 2.32. The molecule has 0 saturated carbocycles. The number of rotatable bonds is 4. The van der Waals surface area contributed by atoms with Crippen LogP contribution in [0.15, 0.2) is 23.0 Å². The molecule has 18 heavy (non-hydrogen) atoms. The molecule has 1 aromatic rings. The van der Waals surface area contributed by atoms with E-state index in [0.29, 0.717) is 13.1 Å². The van der Waals surface area contributed by atoms with E-state index in [1.54, 1.807) is 12.5 Å². The summed E-state index contributed by atoms with van der Waals surface area (Å²) in [6, 6.07) is 2.05. The van der Waals surface area contributed by atoms with Crippen molar-refractivity contribution in [3.63, 3.8) is 0 Å². The quantitative estimate of drug-likeness (QED) is 0.829. The van der Waals surface area contributed by atoms with Crippen LogP contribution in [-0.2, 0) is 4.79 Å². The number of amides is 1. The molecule has 5 heteroatoms. The number of hydrogen-bond donors (Lipinski definition) is 2. The van der Waals surface area contributed by atoms with Crippen molar-refractivity contribution in [2.75, 3.05) is 26.2 Å². The molecule has 1 aromatic heterocycles. The van der Waals surface area contributed by atoms with Gasteiger partial charge in [-0.25, -0.2) is 0 Å². The Hall–Kier alpha value is -1.33. The van der Waals surface area contributed by atoms with Crippen LogP contribution in [0.4, 0.5) is 0 Å². The van der Waals surface area contributed by atoms with Crippen LogP contribution in [0.2, 0.25) is 0 Å². The Kier molecular flexibility index (Phi) is 4.38. The Morgan fingerprint density at radius 3 is 3.22 bits per heavy atom. The van der Waals surface area contributed by atoms with Gasteiger partial charge in [-0.1, -0.05) is 0 Å². The average molecular weight is 251 g/mol. The lowest BCUT2D eigenvalue weighted by Crippen LogP contribution is -2.58. The van der Waals surface area contributed by atoms with Crippen LogP contribution in [0.1, 0.15) is 25.5 Å². The molecular formula is C13H21N3O2. The van der Waals surface area contributed by atoms with Crippen molar-refractivity contribution < 1.29 is 9.21 Å². The van der Waals surface area contributed by atoms with Crippen LogP contribution < -0.4 is 10.6 Å². The van der Waals surface area contributed by atoms with Crippen LogP contribution in [0.3, 0.4) is 0 Å². The molecule has 100 valence electrons. The van der Waals surface area contributed by atoms with E-state index in [0.717, 1.165) is 18.7 Å². The zero-order valence-corrected chi connectivity index (χ0v) is 11.0. The summed E-state index contributed by atoms with van der Waals surface area (Å²) in [5, 5.41) is 6.18. The van der Waals surface area contributed by atoms with Gasteiger partial charge in [-0.05, 0) is 19.9 Å². The number of carbonyl (C=O) groups is 1. The topological polar surface area (TPSA) is 57.5 Å². The third-order valence-electron chi connectivity index (χ3n) is 3.46. The van der Waals surface area contributed by atoms with Gasteiger partial charge in [0.05, 0.1) is 12.5 Å². The maximum Gasteiger partial charge on any atom is 0.238 e. The first-order valence-electron chi connectivity index (χ1n) is 6.50. The van der Waals surface area contributed by atoms with E-state index in [2.05, 4.69) is 22.5 Å². The maximum atomic E-state index is 12.1. The first-order chi connectivity index (χ1) is 8.74. The fraction of sp³-hybridized carbons (Fsp3) is 0.615. The van der Waals surface area contributed by atoms with Crippen molar-refractivity contribution in [1.29, 1.82) is 0 Å². The summed E-state index contributed by atoms with van der Waals surface area (Å²) in [7, 11) is 0. The molecule has 1 fully saturated rings. The van der Waals surface area contributed by atoms with Gasteiger partial charge >= 0.3 is 0 Å². The van der Waals surface area contributed by atoms with Crippen LogP contribution in [-0.4, -0.2) is 43.0 Å². The molecule has 0 radical (unpaired) electrons. The zero-order valence-electron chi connectivity index (χ0n) is 11.0. The molecule has 0 bridgehead atoms. The van der Waals surface area contributed by atoms with E-state index >= 15 is 0 Å².